The Balaban J connectivity index is 1.89. The molecule has 3 aromatic rings. The van der Waals surface area contributed by atoms with E-state index in [2.05, 4.69) is 5.10 Å². The molecule has 8 nitrogen and oxygen atoms in total. The van der Waals surface area contributed by atoms with E-state index in [0.717, 1.165) is 10.7 Å². The summed E-state index contributed by atoms with van der Waals surface area (Å²) in [5, 5.41) is 18.9. The van der Waals surface area contributed by atoms with Crippen LogP contribution in [0, 0.1) is 0 Å². The zero-order chi connectivity index (χ0) is 25.1. The Bertz CT molecular complexity index is 1230. The van der Waals surface area contributed by atoms with Gasteiger partial charge in [0, 0.05) is 6.54 Å². The molecule has 1 atom stereocenters. The first kappa shape index (κ1) is 25.8. The van der Waals surface area contributed by atoms with Gasteiger partial charge in [-0.2, -0.15) is 18.3 Å². The van der Waals surface area contributed by atoms with Gasteiger partial charge in [-0.1, -0.05) is 36.4 Å². The van der Waals surface area contributed by atoms with Crippen molar-refractivity contribution in [1.29, 1.82) is 0 Å². The molecule has 0 radical (unpaired) electrons. The van der Waals surface area contributed by atoms with Crippen molar-refractivity contribution in [2.24, 2.45) is 5.14 Å². The fourth-order valence-corrected chi connectivity index (χ4v) is 3.74. The highest BCUT2D eigenvalue weighted by Crippen LogP contribution is 2.33. The normalized spacial score (nSPS) is 13.4. The molecule has 2 aromatic carbocycles. The standard InChI is InChI=1S/C22H25F3N4O4S/c1-28(2)10-11-33-21(30)14-29-19(13-20(27-29)22(23,24)25)16-8-6-15(7-9-16)17-4-3-5-18(12-17)34(26,31)32/h3-9,12-13,21,30H,10-11,14H2,1-2H3,(H2,26,31,32). The molecule has 1 unspecified atom stereocenters. The minimum Gasteiger partial charge on any atom is -0.366 e. The summed E-state index contributed by atoms with van der Waals surface area (Å²) >= 11 is 0. The molecule has 0 bridgehead atoms. The Morgan fingerprint density at radius 2 is 1.74 bits per heavy atom. The average Bonchev–Trinajstić information content (AvgIpc) is 3.17. The predicted molar refractivity (Wildman–Crippen MR) is 120 cm³/mol. The van der Waals surface area contributed by atoms with Gasteiger partial charge in [0.1, 0.15) is 0 Å². The van der Waals surface area contributed by atoms with Crippen molar-refractivity contribution in [1.82, 2.24) is 14.7 Å². The Morgan fingerprint density at radius 1 is 1.09 bits per heavy atom. The number of aliphatic hydroxyl groups is 1. The summed E-state index contributed by atoms with van der Waals surface area (Å²) in [5.41, 5.74) is 0.700. The number of ether oxygens (including phenoxy) is 1. The van der Waals surface area contributed by atoms with Crippen molar-refractivity contribution >= 4 is 10.0 Å². The maximum atomic E-state index is 13.3. The molecule has 3 N–H and O–H groups in total. The third-order valence-corrected chi connectivity index (χ3v) is 5.84. The molecule has 0 fully saturated rings. The second kappa shape index (κ2) is 10.2. The fourth-order valence-electron chi connectivity index (χ4n) is 3.18. The number of primary sulfonamides is 1. The first-order chi connectivity index (χ1) is 15.8. The highest BCUT2D eigenvalue weighted by atomic mass is 32.2. The van der Waals surface area contributed by atoms with E-state index in [1.165, 1.54) is 12.1 Å². The van der Waals surface area contributed by atoms with Crippen LogP contribution >= 0.6 is 0 Å². The summed E-state index contributed by atoms with van der Waals surface area (Å²) in [6, 6.07) is 13.4. The smallest absolute Gasteiger partial charge is 0.366 e. The molecule has 0 spiro atoms. The Kier molecular flexibility index (Phi) is 7.78. The molecule has 0 amide bonds. The van der Waals surface area contributed by atoms with Crippen LogP contribution in [0.15, 0.2) is 59.5 Å². The van der Waals surface area contributed by atoms with E-state index >= 15 is 0 Å². The molecule has 0 aliphatic carbocycles. The Morgan fingerprint density at radius 3 is 2.32 bits per heavy atom. The van der Waals surface area contributed by atoms with Crippen molar-refractivity contribution in [3.63, 3.8) is 0 Å². The summed E-state index contributed by atoms with van der Waals surface area (Å²) in [6.07, 6.45) is -6.01. The van der Waals surface area contributed by atoms with Gasteiger partial charge >= 0.3 is 6.18 Å². The summed E-state index contributed by atoms with van der Waals surface area (Å²) in [5.74, 6) is 0. The van der Waals surface area contributed by atoms with E-state index in [1.807, 2.05) is 19.0 Å². The number of sulfonamides is 1. The average molecular weight is 499 g/mol. The van der Waals surface area contributed by atoms with E-state index in [-0.39, 0.29) is 23.7 Å². The lowest BCUT2D eigenvalue weighted by Crippen LogP contribution is -2.26. The molecule has 3 rings (SSSR count). The van der Waals surface area contributed by atoms with Gasteiger partial charge in [-0.15, -0.1) is 0 Å². The third-order valence-electron chi connectivity index (χ3n) is 4.92. The molecule has 0 saturated heterocycles. The zero-order valence-corrected chi connectivity index (χ0v) is 19.3. The van der Waals surface area contributed by atoms with E-state index in [0.29, 0.717) is 23.2 Å². The summed E-state index contributed by atoms with van der Waals surface area (Å²) < 4.78 is 69.5. The molecule has 0 aliphatic heterocycles. The summed E-state index contributed by atoms with van der Waals surface area (Å²) in [6.45, 7) is 0.436. The number of nitrogens with two attached hydrogens (primary N) is 1. The number of nitrogens with zero attached hydrogens (tertiary/aromatic N) is 3. The minimum atomic E-state index is -4.66. The van der Waals surface area contributed by atoms with Crippen molar-refractivity contribution < 1.29 is 31.4 Å². The van der Waals surface area contributed by atoms with E-state index < -0.39 is 28.2 Å². The second-order valence-electron chi connectivity index (χ2n) is 7.87. The lowest BCUT2D eigenvalue weighted by Gasteiger charge is -2.16. The van der Waals surface area contributed by atoms with Crippen LogP contribution in [0.1, 0.15) is 5.69 Å². The second-order valence-corrected chi connectivity index (χ2v) is 9.44. The summed E-state index contributed by atoms with van der Waals surface area (Å²) in [4.78, 5) is 1.79. The molecule has 12 heteroatoms. The molecule has 0 aliphatic rings. The quantitative estimate of drug-likeness (QED) is 0.439. The molecule has 0 saturated carbocycles. The molecule has 1 aromatic heterocycles. The fraction of sp³-hybridized carbons (Fsp3) is 0.318. The number of aromatic nitrogens is 2. The van der Waals surface area contributed by atoms with Crippen LogP contribution in [-0.2, 0) is 27.5 Å². The van der Waals surface area contributed by atoms with E-state index in [4.69, 9.17) is 9.88 Å². The molecule has 34 heavy (non-hydrogen) atoms. The third kappa shape index (κ3) is 6.64. The number of likely N-dealkylation sites (N-methyl/N-ethyl adjacent to an activating group) is 1. The van der Waals surface area contributed by atoms with Crippen LogP contribution in [0.5, 0.6) is 0 Å². The van der Waals surface area contributed by atoms with Gasteiger partial charge in [0.2, 0.25) is 10.0 Å². The molecular weight excluding hydrogens is 473 g/mol. The topological polar surface area (TPSA) is 111 Å². The number of halogens is 3. The number of alkyl halides is 3. The van der Waals surface area contributed by atoms with Crippen LogP contribution < -0.4 is 5.14 Å². The Hall–Kier alpha value is -2.77. The zero-order valence-electron chi connectivity index (χ0n) is 18.5. The lowest BCUT2D eigenvalue weighted by atomic mass is 10.0. The monoisotopic (exact) mass is 498 g/mol. The lowest BCUT2D eigenvalue weighted by molar-refractivity contribution is -0.142. The molecular formula is C22H25F3N4O4S. The number of rotatable bonds is 9. The first-order valence-corrected chi connectivity index (χ1v) is 11.7. The molecule has 184 valence electrons. The van der Waals surface area contributed by atoms with Crippen LogP contribution in [-0.4, -0.2) is 61.7 Å². The number of aliphatic hydroxyl groups excluding tert-OH is 1. The number of hydrogen-bond donors (Lipinski definition) is 2. The SMILES string of the molecule is CN(C)CCOC(O)Cn1nc(C(F)(F)F)cc1-c1ccc(-c2cccc(S(N)(=O)=O)c2)cc1. The van der Waals surface area contributed by atoms with Gasteiger partial charge in [-0.25, -0.2) is 13.6 Å². The highest BCUT2D eigenvalue weighted by Gasteiger charge is 2.35. The maximum absolute atomic E-state index is 13.3. The van der Waals surface area contributed by atoms with Crippen LogP contribution in [0.25, 0.3) is 22.4 Å². The number of hydrogen-bond acceptors (Lipinski definition) is 6. The van der Waals surface area contributed by atoms with Crippen LogP contribution in [0.4, 0.5) is 13.2 Å². The van der Waals surface area contributed by atoms with Gasteiger partial charge in [-0.3, -0.25) is 4.68 Å². The van der Waals surface area contributed by atoms with E-state index in [9.17, 15) is 26.7 Å². The first-order valence-electron chi connectivity index (χ1n) is 10.2. The van der Waals surface area contributed by atoms with Gasteiger partial charge in [-0.05, 0) is 49.0 Å². The summed E-state index contributed by atoms with van der Waals surface area (Å²) in [7, 11) is -0.230. The minimum absolute atomic E-state index is 0.0507. The van der Waals surface area contributed by atoms with Gasteiger partial charge < -0.3 is 14.7 Å². The molecule has 1 heterocycles. The van der Waals surface area contributed by atoms with Gasteiger partial charge in [0.25, 0.3) is 0 Å². The number of benzene rings is 2. The van der Waals surface area contributed by atoms with Crippen molar-refractivity contribution in [3.8, 4) is 22.4 Å². The van der Waals surface area contributed by atoms with Crippen LogP contribution in [0.3, 0.4) is 0 Å². The Labute approximate surface area is 195 Å². The predicted octanol–water partition coefficient (Wildman–Crippen LogP) is 2.78. The van der Waals surface area contributed by atoms with Crippen molar-refractivity contribution in [3.05, 3.63) is 60.3 Å². The van der Waals surface area contributed by atoms with Gasteiger partial charge in [0.15, 0.2) is 12.0 Å². The maximum Gasteiger partial charge on any atom is 0.435 e. The van der Waals surface area contributed by atoms with Crippen LogP contribution in [0.2, 0.25) is 0 Å². The van der Waals surface area contributed by atoms with Crippen molar-refractivity contribution in [2.75, 3.05) is 27.2 Å². The van der Waals surface area contributed by atoms with Crippen molar-refractivity contribution in [2.45, 2.75) is 23.9 Å². The largest absolute Gasteiger partial charge is 0.435 e. The van der Waals surface area contributed by atoms with Gasteiger partial charge in [0.05, 0.1) is 23.7 Å². The highest BCUT2D eigenvalue weighted by molar-refractivity contribution is 7.89. The van der Waals surface area contributed by atoms with E-state index in [1.54, 1.807) is 36.4 Å².